The molecule has 1 aromatic rings. The maximum atomic E-state index is 12.1. The van der Waals surface area contributed by atoms with Crippen LogP contribution >= 0.6 is 0 Å². The second-order valence-corrected chi connectivity index (χ2v) is 6.81. The molecule has 0 aliphatic carbocycles. The van der Waals surface area contributed by atoms with Crippen LogP contribution in [0.15, 0.2) is 18.2 Å². The van der Waals surface area contributed by atoms with Crippen molar-refractivity contribution in [2.75, 3.05) is 27.3 Å². The molecule has 2 amide bonds. The van der Waals surface area contributed by atoms with Gasteiger partial charge in [0.1, 0.15) is 5.75 Å². The highest BCUT2D eigenvalue weighted by Crippen LogP contribution is 2.20. The molecule has 0 atom stereocenters. The molecule has 0 heterocycles. The van der Waals surface area contributed by atoms with Crippen molar-refractivity contribution in [1.82, 2.24) is 10.2 Å². The van der Waals surface area contributed by atoms with E-state index >= 15 is 0 Å². The molecule has 7 nitrogen and oxygen atoms in total. The van der Waals surface area contributed by atoms with Gasteiger partial charge < -0.3 is 19.7 Å². The third-order valence-electron chi connectivity index (χ3n) is 3.28. The van der Waals surface area contributed by atoms with Gasteiger partial charge in [0.25, 0.3) is 5.91 Å². The van der Waals surface area contributed by atoms with E-state index in [-0.39, 0.29) is 30.5 Å². The molecule has 0 aromatic heterocycles. The highest BCUT2D eigenvalue weighted by molar-refractivity contribution is 5.90. The Morgan fingerprint density at radius 3 is 2.40 bits per heavy atom. The number of ether oxygens (including phenoxy) is 2. The minimum Gasteiger partial charge on any atom is -0.483 e. The molecule has 0 unspecified atom stereocenters. The Morgan fingerprint density at radius 2 is 1.84 bits per heavy atom. The molecule has 0 radical (unpaired) electrons. The zero-order valence-electron chi connectivity index (χ0n) is 15.6. The molecule has 1 N–H and O–H groups in total. The summed E-state index contributed by atoms with van der Waals surface area (Å²) in [5.74, 6) is -0.643. The maximum absolute atomic E-state index is 12.1. The van der Waals surface area contributed by atoms with Crippen molar-refractivity contribution in [2.45, 2.75) is 33.2 Å². The van der Waals surface area contributed by atoms with Gasteiger partial charge in [0, 0.05) is 12.6 Å². The fourth-order valence-electron chi connectivity index (χ4n) is 2.01. The van der Waals surface area contributed by atoms with E-state index in [2.05, 4.69) is 10.1 Å². The van der Waals surface area contributed by atoms with Crippen LogP contribution in [0.4, 0.5) is 0 Å². The zero-order chi connectivity index (χ0) is 19.2. The molecule has 138 valence electrons. The molecule has 7 heteroatoms. The number of aryl methyl sites for hydroxylation is 1. The summed E-state index contributed by atoms with van der Waals surface area (Å²) in [5, 5.41) is 2.79. The number of amides is 2. The first kappa shape index (κ1) is 20.5. The van der Waals surface area contributed by atoms with Crippen LogP contribution in [-0.2, 0) is 14.3 Å². The third kappa shape index (κ3) is 6.82. The largest absolute Gasteiger partial charge is 0.483 e. The summed E-state index contributed by atoms with van der Waals surface area (Å²) in [5.41, 5.74) is 0.769. The number of carbonyl (C=O) groups excluding carboxylic acids is 3. The van der Waals surface area contributed by atoms with Crippen molar-refractivity contribution in [3.63, 3.8) is 0 Å². The lowest BCUT2D eigenvalue weighted by molar-refractivity contribution is -0.136. The van der Waals surface area contributed by atoms with E-state index in [1.165, 1.54) is 25.1 Å². The Hall–Kier alpha value is -2.57. The smallest absolute Gasteiger partial charge is 0.337 e. The van der Waals surface area contributed by atoms with Gasteiger partial charge in [-0.1, -0.05) is 6.07 Å². The second-order valence-electron chi connectivity index (χ2n) is 6.81. The summed E-state index contributed by atoms with van der Waals surface area (Å²) in [4.78, 5) is 36.8. The summed E-state index contributed by atoms with van der Waals surface area (Å²) in [7, 11) is 2.83. The Bertz CT molecular complexity index is 649. The number of methoxy groups -OCH3 is 1. The molecule has 1 aromatic carbocycles. The van der Waals surface area contributed by atoms with Gasteiger partial charge in [0.15, 0.2) is 6.61 Å². The van der Waals surface area contributed by atoms with E-state index < -0.39 is 5.97 Å². The summed E-state index contributed by atoms with van der Waals surface area (Å²) in [6.45, 7) is 7.12. The van der Waals surface area contributed by atoms with Crippen LogP contribution in [0.2, 0.25) is 0 Å². The fourth-order valence-corrected chi connectivity index (χ4v) is 2.01. The number of nitrogens with one attached hydrogen (secondary N) is 1. The predicted molar refractivity (Wildman–Crippen MR) is 93.5 cm³/mol. The standard InChI is InChI=1S/C18H26N2O5/c1-12-7-8-13(17(23)24-6)9-14(12)25-11-16(22)20(5)10-15(21)19-18(2,3)4/h7-9H,10-11H2,1-6H3,(H,19,21). The van der Waals surface area contributed by atoms with Crippen LogP contribution in [-0.4, -0.2) is 55.5 Å². The van der Waals surface area contributed by atoms with Crippen molar-refractivity contribution < 1.29 is 23.9 Å². The van der Waals surface area contributed by atoms with Gasteiger partial charge in [-0.15, -0.1) is 0 Å². The molecule has 0 aliphatic rings. The quantitative estimate of drug-likeness (QED) is 0.787. The van der Waals surface area contributed by atoms with E-state index in [0.29, 0.717) is 11.3 Å². The zero-order valence-corrected chi connectivity index (χ0v) is 15.6. The van der Waals surface area contributed by atoms with Crippen LogP contribution in [0.1, 0.15) is 36.7 Å². The average molecular weight is 350 g/mol. The Labute approximate surface area is 148 Å². The van der Waals surface area contributed by atoms with Crippen molar-refractivity contribution >= 4 is 17.8 Å². The van der Waals surface area contributed by atoms with E-state index in [0.717, 1.165) is 5.56 Å². The minimum absolute atomic E-state index is 0.0549. The van der Waals surface area contributed by atoms with Crippen molar-refractivity contribution in [3.8, 4) is 5.75 Å². The summed E-state index contributed by atoms with van der Waals surface area (Å²) >= 11 is 0. The monoisotopic (exact) mass is 350 g/mol. The van der Waals surface area contributed by atoms with Gasteiger partial charge in [-0.3, -0.25) is 9.59 Å². The first-order chi connectivity index (χ1) is 11.5. The lowest BCUT2D eigenvalue weighted by Gasteiger charge is -2.23. The van der Waals surface area contributed by atoms with Gasteiger partial charge in [0.05, 0.1) is 19.2 Å². The highest BCUT2D eigenvalue weighted by Gasteiger charge is 2.18. The van der Waals surface area contributed by atoms with E-state index in [4.69, 9.17) is 4.74 Å². The number of benzene rings is 1. The average Bonchev–Trinajstić information content (AvgIpc) is 2.50. The van der Waals surface area contributed by atoms with Gasteiger partial charge in [0.2, 0.25) is 5.91 Å². The van der Waals surface area contributed by atoms with Crippen molar-refractivity contribution in [2.24, 2.45) is 0 Å². The molecule has 0 spiro atoms. The number of rotatable bonds is 6. The highest BCUT2D eigenvalue weighted by atomic mass is 16.5. The van der Waals surface area contributed by atoms with Crippen LogP contribution in [0, 0.1) is 6.92 Å². The molecule has 0 bridgehead atoms. The molecule has 0 aliphatic heterocycles. The molecule has 1 rings (SSSR count). The third-order valence-corrected chi connectivity index (χ3v) is 3.28. The van der Waals surface area contributed by atoms with Gasteiger partial charge in [-0.2, -0.15) is 0 Å². The Balaban J connectivity index is 2.64. The van der Waals surface area contributed by atoms with Crippen LogP contribution in [0.5, 0.6) is 5.75 Å². The fraction of sp³-hybridized carbons (Fsp3) is 0.500. The molecule has 0 saturated carbocycles. The van der Waals surface area contributed by atoms with Crippen LogP contribution in [0.25, 0.3) is 0 Å². The first-order valence-corrected chi connectivity index (χ1v) is 7.90. The van der Waals surface area contributed by atoms with E-state index in [1.807, 2.05) is 20.8 Å². The minimum atomic E-state index is -0.479. The molecular weight excluding hydrogens is 324 g/mol. The van der Waals surface area contributed by atoms with E-state index in [9.17, 15) is 14.4 Å². The Kier molecular flexibility index (Phi) is 6.97. The van der Waals surface area contributed by atoms with Crippen molar-refractivity contribution in [3.05, 3.63) is 29.3 Å². The molecular formula is C18H26N2O5. The SMILES string of the molecule is COC(=O)c1ccc(C)c(OCC(=O)N(C)CC(=O)NC(C)(C)C)c1. The molecule has 0 fully saturated rings. The summed E-state index contributed by atoms with van der Waals surface area (Å²) in [6, 6.07) is 4.87. The number of likely N-dealkylation sites (N-methyl/N-ethyl adjacent to an activating group) is 1. The lowest BCUT2D eigenvalue weighted by Crippen LogP contribution is -2.47. The lowest BCUT2D eigenvalue weighted by atomic mass is 10.1. The number of carbonyl (C=O) groups is 3. The number of esters is 1. The number of nitrogens with zero attached hydrogens (tertiary/aromatic N) is 1. The van der Waals surface area contributed by atoms with Gasteiger partial charge in [-0.25, -0.2) is 4.79 Å². The first-order valence-electron chi connectivity index (χ1n) is 7.90. The number of hydrogen-bond acceptors (Lipinski definition) is 5. The summed E-state index contributed by atoms with van der Waals surface area (Å²) < 4.78 is 10.2. The summed E-state index contributed by atoms with van der Waals surface area (Å²) in [6.07, 6.45) is 0. The van der Waals surface area contributed by atoms with Gasteiger partial charge >= 0.3 is 5.97 Å². The number of hydrogen-bond donors (Lipinski definition) is 1. The van der Waals surface area contributed by atoms with E-state index in [1.54, 1.807) is 19.1 Å². The molecule has 0 saturated heterocycles. The molecule has 25 heavy (non-hydrogen) atoms. The maximum Gasteiger partial charge on any atom is 0.337 e. The Morgan fingerprint density at radius 1 is 1.20 bits per heavy atom. The van der Waals surface area contributed by atoms with Crippen molar-refractivity contribution in [1.29, 1.82) is 0 Å². The van der Waals surface area contributed by atoms with Crippen LogP contribution in [0.3, 0.4) is 0 Å². The predicted octanol–water partition coefficient (Wildman–Crippen LogP) is 1.53. The van der Waals surface area contributed by atoms with Gasteiger partial charge in [-0.05, 0) is 45.4 Å². The second kappa shape index (κ2) is 8.50. The van der Waals surface area contributed by atoms with Crippen LogP contribution < -0.4 is 10.1 Å². The topological polar surface area (TPSA) is 84.9 Å². The normalized spacial score (nSPS) is 10.8.